The van der Waals surface area contributed by atoms with Crippen molar-refractivity contribution in [3.8, 4) is 0 Å². The number of benzene rings is 2. The zero-order valence-corrected chi connectivity index (χ0v) is 14.9. The molecule has 2 aromatic carbocycles. The molecule has 27 heavy (non-hydrogen) atoms. The van der Waals surface area contributed by atoms with Crippen LogP contribution in [0.1, 0.15) is 16.5 Å². The van der Waals surface area contributed by atoms with Crippen molar-refractivity contribution in [2.75, 3.05) is 0 Å². The maximum atomic E-state index is 13.3. The summed E-state index contributed by atoms with van der Waals surface area (Å²) >= 11 is 0. The number of hydrogen-bond acceptors (Lipinski definition) is 4. The highest BCUT2D eigenvalue weighted by atomic mass is 32.2. The molecule has 1 unspecified atom stereocenters. The molecule has 3 aromatic rings. The fraction of sp³-hybridized carbons (Fsp3) is 0.0526. The van der Waals surface area contributed by atoms with Crippen molar-refractivity contribution in [1.82, 2.24) is 9.58 Å². The quantitative estimate of drug-likeness (QED) is 0.511. The summed E-state index contributed by atoms with van der Waals surface area (Å²) in [5, 5.41) is 10.3. The average molecular weight is 381 g/mol. The van der Waals surface area contributed by atoms with E-state index in [0.29, 0.717) is 21.8 Å². The van der Waals surface area contributed by atoms with Gasteiger partial charge in [0.2, 0.25) is 15.2 Å². The first kappa shape index (κ1) is 17.0. The van der Waals surface area contributed by atoms with Crippen molar-refractivity contribution in [2.24, 2.45) is 0 Å². The van der Waals surface area contributed by atoms with E-state index in [0.717, 1.165) is 0 Å². The fourth-order valence-corrected chi connectivity index (χ4v) is 4.99. The Balaban J connectivity index is 1.96. The molecule has 1 aliphatic rings. The minimum absolute atomic E-state index is 0.0365. The molecule has 0 N–H and O–H groups in total. The number of aromatic nitrogens is 1. The Labute approximate surface area is 155 Å². The zero-order chi connectivity index (χ0) is 19.0. The number of hydrazine groups is 1. The maximum Gasteiger partial charge on any atom is 0.225 e. The van der Waals surface area contributed by atoms with E-state index in [1.165, 1.54) is 18.3 Å². The van der Waals surface area contributed by atoms with E-state index in [9.17, 15) is 18.5 Å². The summed E-state index contributed by atoms with van der Waals surface area (Å²) < 4.78 is 28.3. The van der Waals surface area contributed by atoms with Crippen molar-refractivity contribution in [3.05, 3.63) is 107 Å². The monoisotopic (exact) mass is 381 g/mol. The first-order valence-electron chi connectivity index (χ1n) is 8.16. The van der Waals surface area contributed by atoms with Crippen LogP contribution in [0.5, 0.6) is 0 Å². The summed E-state index contributed by atoms with van der Waals surface area (Å²) in [5.74, 6) is 0. The normalized spacial score (nSPS) is 16.5. The number of fused-ring (bicyclic) bond motifs is 1. The van der Waals surface area contributed by atoms with Crippen LogP contribution in [0.4, 0.5) is 0 Å². The molecule has 0 saturated carbocycles. The van der Waals surface area contributed by atoms with Crippen LogP contribution in [0.15, 0.2) is 90.2 Å². The van der Waals surface area contributed by atoms with Gasteiger partial charge in [-0.1, -0.05) is 47.5 Å². The van der Waals surface area contributed by atoms with Crippen molar-refractivity contribution in [2.45, 2.75) is 10.3 Å². The van der Waals surface area contributed by atoms with Crippen LogP contribution in [0.2, 0.25) is 0 Å². The number of rotatable bonds is 4. The summed E-state index contributed by atoms with van der Waals surface area (Å²) in [5.41, 5.74) is 1.53. The number of sulfone groups is 1. The highest BCUT2D eigenvalue weighted by Crippen LogP contribution is 2.41. The minimum Gasteiger partial charge on any atom is -0.322 e. The summed E-state index contributed by atoms with van der Waals surface area (Å²) in [6.07, 6.45) is 4.78. The van der Waals surface area contributed by atoms with Crippen molar-refractivity contribution >= 4 is 15.5 Å². The molecule has 8 heteroatoms. The summed E-state index contributed by atoms with van der Waals surface area (Å²) in [6.45, 7) is 0. The van der Waals surface area contributed by atoms with Crippen molar-refractivity contribution < 1.29 is 13.5 Å². The Kier molecular flexibility index (Phi) is 4.04. The second-order valence-corrected chi connectivity index (χ2v) is 8.03. The van der Waals surface area contributed by atoms with Gasteiger partial charge in [0.1, 0.15) is 0 Å². The lowest BCUT2D eigenvalue weighted by Crippen LogP contribution is -2.38. The molecule has 0 amide bonds. The van der Waals surface area contributed by atoms with Crippen LogP contribution in [-0.4, -0.2) is 23.0 Å². The highest BCUT2D eigenvalue weighted by Gasteiger charge is 2.44. The lowest BCUT2D eigenvalue weighted by atomic mass is 10.0. The molecule has 1 aromatic heterocycles. The zero-order valence-electron chi connectivity index (χ0n) is 14.0. The van der Waals surface area contributed by atoms with Crippen molar-refractivity contribution in [3.63, 3.8) is 0 Å². The molecule has 0 saturated heterocycles. The molecule has 0 radical (unpaired) electrons. The second-order valence-electron chi connectivity index (χ2n) is 6.02. The van der Waals surface area contributed by atoms with Crippen LogP contribution >= 0.6 is 0 Å². The van der Waals surface area contributed by atoms with Gasteiger partial charge in [0, 0.05) is 23.5 Å². The van der Waals surface area contributed by atoms with E-state index in [-0.39, 0.29) is 4.90 Å². The lowest BCUT2D eigenvalue weighted by Gasteiger charge is -2.29. The number of nitro groups is 1. The van der Waals surface area contributed by atoms with Crippen molar-refractivity contribution in [1.29, 1.82) is 0 Å². The highest BCUT2D eigenvalue weighted by molar-refractivity contribution is 7.91. The second kappa shape index (κ2) is 6.40. The van der Waals surface area contributed by atoms with Gasteiger partial charge < -0.3 is 4.57 Å². The SMILES string of the molecule is O=[N+]([O-])N1C=C(n2cccc2)c2ccccc2C1S(=O)(=O)c1ccccc1. The molecular formula is C19H15N3O4S. The van der Waals surface area contributed by atoms with E-state index >= 15 is 0 Å². The van der Waals surface area contributed by atoms with Crippen LogP contribution in [0.3, 0.4) is 0 Å². The molecular weight excluding hydrogens is 366 g/mol. The van der Waals surface area contributed by atoms with E-state index in [1.807, 2.05) is 0 Å². The third kappa shape index (κ3) is 2.80. The Morgan fingerprint density at radius 1 is 0.889 bits per heavy atom. The van der Waals surface area contributed by atoms with E-state index in [2.05, 4.69) is 0 Å². The Morgan fingerprint density at radius 3 is 2.19 bits per heavy atom. The molecule has 1 aliphatic heterocycles. The topological polar surface area (TPSA) is 85.4 Å². The van der Waals surface area contributed by atoms with Gasteiger partial charge in [-0.3, -0.25) is 0 Å². The molecule has 136 valence electrons. The molecule has 7 nitrogen and oxygen atoms in total. The molecule has 0 bridgehead atoms. The van der Waals surface area contributed by atoms with E-state index < -0.39 is 20.2 Å². The third-order valence-corrected chi connectivity index (χ3v) is 6.42. The molecule has 1 atom stereocenters. The Bertz CT molecular complexity index is 1120. The number of nitrogens with zero attached hydrogens (tertiary/aromatic N) is 3. The van der Waals surface area contributed by atoms with Gasteiger partial charge in [0.15, 0.2) is 5.03 Å². The van der Waals surface area contributed by atoms with Gasteiger partial charge in [0.05, 0.1) is 16.8 Å². The molecule has 0 spiro atoms. The molecule has 2 heterocycles. The van der Waals surface area contributed by atoms with Gasteiger partial charge in [-0.25, -0.2) is 18.5 Å². The smallest absolute Gasteiger partial charge is 0.225 e. The van der Waals surface area contributed by atoms with Gasteiger partial charge in [-0.15, -0.1) is 0 Å². The van der Waals surface area contributed by atoms with Crippen LogP contribution in [0, 0.1) is 10.1 Å². The first-order valence-corrected chi connectivity index (χ1v) is 9.71. The summed E-state index contributed by atoms with van der Waals surface area (Å²) in [4.78, 5) is 11.8. The van der Waals surface area contributed by atoms with Crippen LogP contribution < -0.4 is 0 Å². The fourth-order valence-electron chi connectivity index (χ4n) is 3.23. The predicted octanol–water partition coefficient (Wildman–Crippen LogP) is 3.31. The van der Waals surface area contributed by atoms with Gasteiger partial charge in [0.25, 0.3) is 0 Å². The van der Waals surface area contributed by atoms with E-state index in [1.54, 1.807) is 71.6 Å². The minimum atomic E-state index is -4.03. The first-order chi connectivity index (χ1) is 13.0. The standard InChI is InChI=1S/C19H15N3O4S/c23-22(24)21-14-18(20-12-6-7-13-20)16-10-4-5-11-17(16)19(21)27(25,26)15-8-2-1-3-9-15/h1-14,19H. The van der Waals surface area contributed by atoms with Crippen LogP contribution in [-0.2, 0) is 9.84 Å². The van der Waals surface area contributed by atoms with E-state index in [4.69, 9.17) is 0 Å². The van der Waals surface area contributed by atoms with Gasteiger partial charge >= 0.3 is 0 Å². The third-order valence-electron chi connectivity index (χ3n) is 4.43. The Hall–Kier alpha value is -3.39. The Morgan fingerprint density at radius 2 is 1.52 bits per heavy atom. The predicted molar refractivity (Wildman–Crippen MR) is 99.5 cm³/mol. The largest absolute Gasteiger partial charge is 0.322 e. The summed E-state index contributed by atoms with van der Waals surface area (Å²) in [7, 11) is -4.03. The lowest BCUT2D eigenvalue weighted by molar-refractivity contribution is -0.645. The van der Waals surface area contributed by atoms with Gasteiger partial charge in [-0.05, 0) is 24.3 Å². The molecule has 0 aliphatic carbocycles. The number of hydrogen-bond donors (Lipinski definition) is 0. The molecule has 4 rings (SSSR count). The average Bonchev–Trinajstić information content (AvgIpc) is 3.21. The van der Waals surface area contributed by atoms with Gasteiger partial charge in [-0.2, -0.15) is 0 Å². The maximum absolute atomic E-state index is 13.3. The van der Waals surface area contributed by atoms with Crippen LogP contribution in [0.25, 0.3) is 5.70 Å². The summed E-state index contributed by atoms with van der Waals surface area (Å²) in [6, 6.07) is 18.2. The molecule has 0 fully saturated rings.